The number of hydrogen-bond donors (Lipinski definition) is 2. The van der Waals surface area contributed by atoms with Gasteiger partial charge in [-0.25, -0.2) is 23.2 Å². The van der Waals surface area contributed by atoms with Gasteiger partial charge in [0.1, 0.15) is 10.6 Å². The van der Waals surface area contributed by atoms with Crippen LogP contribution in [0.3, 0.4) is 0 Å². The molecule has 2 aliphatic rings. The molecule has 1 aromatic carbocycles. The van der Waals surface area contributed by atoms with Crippen LogP contribution in [0, 0.1) is 0 Å². The Morgan fingerprint density at radius 2 is 1.91 bits per heavy atom. The summed E-state index contributed by atoms with van der Waals surface area (Å²) in [6, 6.07) is 9.03. The van der Waals surface area contributed by atoms with Gasteiger partial charge in [-0.3, -0.25) is 0 Å². The van der Waals surface area contributed by atoms with Crippen molar-refractivity contribution in [3.63, 3.8) is 0 Å². The van der Waals surface area contributed by atoms with Gasteiger partial charge >= 0.3 is 6.03 Å². The molecule has 1 atom stereocenters. The average Bonchev–Trinajstić information content (AvgIpc) is 3.35. The number of sulfone groups is 1. The van der Waals surface area contributed by atoms with Crippen molar-refractivity contribution in [3.8, 4) is 11.4 Å². The summed E-state index contributed by atoms with van der Waals surface area (Å²) in [7, 11) is -3.39. The average molecular weight is 502 g/mol. The van der Waals surface area contributed by atoms with Crippen molar-refractivity contribution in [2.75, 3.05) is 42.8 Å². The number of morpholine rings is 1. The number of benzene rings is 1. The maximum Gasteiger partial charge on any atom is 0.319 e. The van der Waals surface area contributed by atoms with Gasteiger partial charge in [-0.2, -0.15) is 0 Å². The first-order valence-corrected chi connectivity index (χ1v) is 14.2. The van der Waals surface area contributed by atoms with E-state index in [1.165, 1.54) is 6.26 Å². The van der Waals surface area contributed by atoms with Crippen molar-refractivity contribution in [2.45, 2.75) is 56.7 Å². The predicted molar refractivity (Wildman–Crippen MR) is 137 cm³/mol. The molecule has 1 saturated heterocycles. The molecule has 1 saturated carbocycles. The molecule has 0 unspecified atom stereocenters. The van der Waals surface area contributed by atoms with E-state index in [0.717, 1.165) is 30.6 Å². The van der Waals surface area contributed by atoms with Gasteiger partial charge in [-0.15, -0.1) is 0 Å². The standard InChI is InChI=1S/C25H35N5O4S/c1-4-13-26-24(31)27-20-9-7-19(8-10-20)23-28-21(25(35(3,32)33)11-5-6-12-25)16-22(29-23)30-14-15-34-17-18(30)2/h7-10,16,18H,4-6,11-15,17H2,1-3H3,(H2,26,27,31)/t18-/m0/s1. The highest BCUT2D eigenvalue weighted by molar-refractivity contribution is 7.91. The molecule has 0 bridgehead atoms. The third-order valence-corrected chi connectivity index (χ3v) is 8.94. The van der Waals surface area contributed by atoms with E-state index in [4.69, 9.17) is 14.7 Å². The van der Waals surface area contributed by atoms with E-state index >= 15 is 0 Å². The fourth-order valence-corrected chi connectivity index (χ4v) is 6.41. The zero-order valence-electron chi connectivity index (χ0n) is 20.7. The zero-order chi connectivity index (χ0) is 25.1. The van der Waals surface area contributed by atoms with Crippen LogP contribution in [0.15, 0.2) is 30.3 Å². The smallest absolute Gasteiger partial charge is 0.319 e. The van der Waals surface area contributed by atoms with E-state index in [2.05, 4.69) is 22.5 Å². The van der Waals surface area contributed by atoms with Gasteiger partial charge in [0.2, 0.25) is 0 Å². The monoisotopic (exact) mass is 501 g/mol. The lowest BCUT2D eigenvalue weighted by Gasteiger charge is -2.35. The number of carbonyl (C=O) groups is 1. The van der Waals surface area contributed by atoms with Crippen molar-refractivity contribution in [3.05, 3.63) is 36.0 Å². The van der Waals surface area contributed by atoms with Crippen LogP contribution in [0.4, 0.5) is 16.3 Å². The first kappa shape index (κ1) is 25.4. The van der Waals surface area contributed by atoms with E-state index in [1.807, 2.05) is 25.1 Å². The molecule has 1 aromatic heterocycles. The molecule has 35 heavy (non-hydrogen) atoms. The molecule has 0 radical (unpaired) electrons. The fraction of sp³-hybridized carbons (Fsp3) is 0.560. The van der Waals surface area contributed by atoms with Gasteiger partial charge in [0, 0.05) is 36.7 Å². The van der Waals surface area contributed by atoms with Crippen LogP contribution in [-0.2, 0) is 19.3 Å². The van der Waals surface area contributed by atoms with Crippen molar-refractivity contribution < 1.29 is 17.9 Å². The molecule has 0 spiro atoms. The Morgan fingerprint density at radius 3 is 2.54 bits per heavy atom. The number of aromatic nitrogens is 2. The second-order valence-corrected chi connectivity index (χ2v) is 11.8. The molecule has 1 aliphatic heterocycles. The van der Waals surface area contributed by atoms with Crippen molar-refractivity contribution in [1.29, 1.82) is 0 Å². The van der Waals surface area contributed by atoms with E-state index in [-0.39, 0.29) is 12.1 Å². The fourth-order valence-electron chi connectivity index (χ4n) is 4.89. The lowest BCUT2D eigenvalue weighted by molar-refractivity contribution is 0.0985. The van der Waals surface area contributed by atoms with Crippen LogP contribution < -0.4 is 15.5 Å². The first-order chi connectivity index (χ1) is 16.7. The third-order valence-electron chi connectivity index (χ3n) is 6.90. The van der Waals surface area contributed by atoms with E-state index in [9.17, 15) is 13.2 Å². The quantitative estimate of drug-likeness (QED) is 0.594. The minimum absolute atomic E-state index is 0.116. The molecule has 9 nitrogen and oxygen atoms in total. The molecule has 2 amide bonds. The molecule has 2 N–H and O–H groups in total. The Bertz CT molecular complexity index is 1150. The third kappa shape index (κ3) is 5.43. The first-order valence-electron chi connectivity index (χ1n) is 12.3. The number of ether oxygens (including phenoxy) is 1. The highest BCUT2D eigenvalue weighted by Gasteiger charge is 2.47. The highest BCUT2D eigenvalue weighted by atomic mass is 32.2. The SMILES string of the molecule is CCCNC(=O)Nc1ccc(-c2nc(N3CCOC[C@@H]3C)cc(C3(S(C)(=O)=O)CCCC3)n2)cc1. The molecule has 190 valence electrons. The minimum Gasteiger partial charge on any atom is -0.377 e. The summed E-state index contributed by atoms with van der Waals surface area (Å²) in [6.45, 7) is 6.54. The van der Waals surface area contributed by atoms with Crippen LogP contribution in [0.25, 0.3) is 11.4 Å². The Labute approximate surface area is 207 Å². The second-order valence-electron chi connectivity index (χ2n) is 9.48. The van der Waals surface area contributed by atoms with Crippen LogP contribution >= 0.6 is 0 Å². The molecule has 2 fully saturated rings. The summed E-state index contributed by atoms with van der Waals surface area (Å²) < 4.78 is 30.7. The van der Waals surface area contributed by atoms with Crippen LogP contribution in [0.1, 0.15) is 51.6 Å². The van der Waals surface area contributed by atoms with E-state index in [1.54, 1.807) is 12.1 Å². The van der Waals surface area contributed by atoms with Crippen LogP contribution in [0.5, 0.6) is 0 Å². The number of nitrogens with one attached hydrogen (secondary N) is 2. The Balaban J connectivity index is 1.73. The normalized spacial score (nSPS) is 20.0. The number of anilines is 2. The van der Waals surface area contributed by atoms with Crippen molar-refractivity contribution in [2.24, 2.45) is 0 Å². The Hall–Kier alpha value is -2.72. The summed E-state index contributed by atoms with van der Waals surface area (Å²) in [5.74, 6) is 1.20. The zero-order valence-corrected chi connectivity index (χ0v) is 21.5. The summed E-state index contributed by atoms with van der Waals surface area (Å²) in [4.78, 5) is 23.8. The van der Waals surface area contributed by atoms with Crippen LogP contribution in [0.2, 0.25) is 0 Å². The highest BCUT2D eigenvalue weighted by Crippen LogP contribution is 2.45. The number of amides is 2. The minimum atomic E-state index is -3.39. The van der Waals surface area contributed by atoms with E-state index in [0.29, 0.717) is 56.4 Å². The van der Waals surface area contributed by atoms with Gasteiger partial charge in [0.25, 0.3) is 0 Å². The molecule has 1 aliphatic carbocycles. The second kappa shape index (κ2) is 10.5. The van der Waals surface area contributed by atoms with E-state index < -0.39 is 14.6 Å². The predicted octanol–water partition coefficient (Wildman–Crippen LogP) is 3.71. The van der Waals surface area contributed by atoms with Gasteiger partial charge in [-0.05, 0) is 50.5 Å². The van der Waals surface area contributed by atoms with Crippen molar-refractivity contribution >= 4 is 27.4 Å². The number of nitrogens with zero attached hydrogens (tertiary/aromatic N) is 3. The topological polar surface area (TPSA) is 114 Å². The van der Waals surface area contributed by atoms with Gasteiger partial charge < -0.3 is 20.3 Å². The molecule has 10 heteroatoms. The summed E-state index contributed by atoms with van der Waals surface area (Å²) >= 11 is 0. The Morgan fingerprint density at radius 1 is 1.20 bits per heavy atom. The number of rotatable bonds is 7. The molecule has 4 rings (SSSR count). The molecular formula is C25H35N5O4S. The number of hydrogen-bond acceptors (Lipinski definition) is 7. The van der Waals surface area contributed by atoms with Gasteiger partial charge in [-0.1, -0.05) is 19.8 Å². The molecule has 2 heterocycles. The largest absolute Gasteiger partial charge is 0.377 e. The van der Waals surface area contributed by atoms with Gasteiger partial charge in [0.05, 0.1) is 24.9 Å². The summed E-state index contributed by atoms with van der Waals surface area (Å²) in [5, 5.41) is 5.60. The lowest BCUT2D eigenvalue weighted by Crippen LogP contribution is -2.44. The number of carbonyl (C=O) groups excluding carboxylic acids is 1. The summed E-state index contributed by atoms with van der Waals surface area (Å²) in [6.07, 6.45) is 5.03. The molecular weight excluding hydrogens is 466 g/mol. The van der Waals surface area contributed by atoms with Crippen LogP contribution in [-0.4, -0.2) is 63.0 Å². The van der Waals surface area contributed by atoms with Gasteiger partial charge in [0.15, 0.2) is 15.7 Å². The Kier molecular flexibility index (Phi) is 7.61. The summed E-state index contributed by atoms with van der Waals surface area (Å²) in [5.41, 5.74) is 1.98. The maximum atomic E-state index is 13.0. The van der Waals surface area contributed by atoms with Crippen molar-refractivity contribution in [1.82, 2.24) is 15.3 Å². The molecule has 2 aromatic rings. The lowest BCUT2D eigenvalue weighted by atomic mass is 10.0. The maximum absolute atomic E-state index is 13.0. The number of urea groups is 1.